The zero-order chi connectivity index (χ0) is 16.6. The second kappa shape index (κ2) is 5.92. The van der Waals surface area contributed by atoms with E-state index in [4.69, 9.17) is 21.1 Å². The van der Waals surface area contributed by atoms with Crippen LogP contribution in [-0.4, -0.2) is 33.7 Å². The van der Waals surface area contributed by atoms with Crippen LogP contribution in [0, 0.1) is 0 Å². The molecule has 1 amide bonds. The summed E-state index contributed by atoms with van der Waals surface area (Å²) in [5, 5.41) is 10.3. The molecule has 23 heavy (non-hydrogen) atoms. The molecule has 0 N–H and O–H groups in total. The molecule has 2 heterocycles. The van der Waals surface area contributed by atoms with E-state index in [9.17, 15) is 4.79 Å². The Kier molecular flexibility index (Phi) is 3.96. The number of carbonyl (C=O) groups excluding carboxylic acids is 1. The monoisotopic (exact) mass is 334 g/mol. The molecule has 0 spiro atoms. The molecule has 120 valence electrons. The number of carbonyl (C=O) groups is 1. The van der Waals surface area contributed by atoms with Gasteiger partial charge in [0.25, 0.3) is 0 Å². The van der Waals surface area contributed by atoms with E-state index in [1.54, 1.807) is 42.2 Å². The van der Waals surface area contributed by atoms with E-state index in [-0.39, 0.29) is 11.8 Å². The van der Waals surface area contributed by atoms with Crippen molar-refractivity contribution in [1.29, 1.82) is 0 Å². The van der Waals surface area contributed by atoms with Gasteiger partial charge in [0, 0.05) is 30.8 Å². The minimum Gasteiger partial charge on any atom is -0.479 e. The van der Waals surface area contributed by atoms with Gasteiger partial charge in [-0.05, 0) is 12.1 Å². The van der Waals surface area contributed by atoms with Crippen LogP contribution in [0.3, 0.4) is 0 Å². The Morgan fingerprint density at radius 2 is 2.04 bits per heavy atom. The maximum atomic E-state index is 11.9. The molecule has 0 aliphatic carbocycles. The van der Waals surface area contributed by atoms with Crippen LogP contribution in [0.5, 0.6) is 5.88 Å². The summed E-state index contributed by atoms with van der Waals surface area (Å²) in [5.41, 5.74) is 1.35. The Bertz CT molecular complexity index is 770. The maximum absolute atomic E-state index is 11.9. The van der Waals surface area contributed by atoms with Crippen LogP contribution in [-0.2, 0) is 16.6 Å². The fourth-order valence-corrected chi connectivity index (χ4v) is 2.41. The SMILES string of the molecule is COc1nn(C)cc1C1=NN(C(C)=O)C(c2ccc(Cl)cc2)O1. The van der Waals surface area contributed by atoms with E-state index >= 15 is 0 Å². The summed E-state index contributed by atoms with van der Waals surface area (Å²) >= 11 is 5.91. The van der Waals surface area contributed by atoms with Gasteiger partial charge in [-0.3, -0.25) is 9.48 Å². The van der Waals surface area contributed by atoms with E-state index < -0.39 is 6.23 Å². The number of halogens is 1. The van der Waals surface area contributed by atoms with E-state index in [0.717, 1.165) is 5.56 Å². The summed E-state index contributed by atoms with van der Waals surface area (Å²) < 4.78 is 12.7. The number of aromatic nitrogens is 2. The lowest BCUT2D eigenvalue weighted by Gasteiger charge is -2.19. The molecule has 1 aliphatic rings. The Balaban J connectivity index is 1.97. The van der Waals surface area contributed by atoms with Crippen molar-refractivity contribution in [3.05, 3.63) is 46.6 Å². The van der Waals surface area contributed by atoms with Gasteiger partial charge in [0.15, 0.2) is 0 Å². The van der Waals surface area contributed by atoms with Crippen molar-refractivity contribution in [2.24, 2.45) is 12.1 Å². The van der Waals surface area contributed by atoms with Gasteiger partial charge in [-0.25, -0.2) is 0 Å². The number of aryl methyl sites for hydroxylation is 1. The first-order valence-electron chi connectivity index (χ1n) is 6.88. The van der Waals surface area contributed by atoms with Gasteiger partial charge < -0.3 is 9.47 Å². The number of amides is 1. The van der Waals surface area contributed by atoms with E-state index in [1.807, 2.05) is 0 Å². The van der Waals surface area contributed by atoms with Crippen LogP contribution < -0.4 is 4.74 Å². The number of rotatable bonds is 3. The molecule has 0 radical (unpaired) electrons. The predicted molar refractivity (Wildman–Crippen MR) is 84.1 cm³/mol. The summed E-state index contributed by atoms with van der Waals surface area (Å²) in [6, 6.07) is 7.06. The number of ether oxygens (including phenoxy) is 2. The Morgan fingerprint density at radius 3 is 2.65 bits per heavy atom. The number of methoxy groups -OCH3 is 1. The molecular weight excluding hydrogens is 320 g/mol. The highest BCUT2D eigenvalue weighted by Crippen LogP contribution is 2.32. The number of hydrazone groups is 1. The summed E-state index contributed by atoms with van der Waals surface area (Å²) in [5.74, 6) is 0.430. The summed E-state index contributed by atoms with van der Waals surface area (Å²) in [6.45, 7) is 1.43. The molecule has 0 fully saturated rings. The third kappa shape index (κ3) is 2.87. The van der Waals surface area contributed by atoms with Crippen LogP contribution in [0.4, 0.5) is 0 Å². The molecule has 8 heteroatoms. The maximum Gasteiger partial charge on any atom is 0.248 e. The molecule has 1 unspecified atom stereocenters. The van der Waals surface area contributed by atoms with Crippen molar-refractivity contribution in [2.45, 2.75) is 13.2 Å². The van der Waals surface area contributed by atoms with Gasteiger partial charge in [0.2, 0.25) is 23.9 Å². The lowest BCUT2D eigenvalue weighted by molar-refractivity contribution is -0.135. The van der Waals surface area contributed by atoms with Crippen molar-refractivity contribution < 1.29 is 14.3 Å². The van der Waals surface area contributed by atoms with E-state index in [1.165, 1.54) is 19.0 Å². The highest BCUT2D eigenvalue weighted by Gasteiger charge is 2.34. The minimum atomic E-state index is -0.648. The van der Waals surface area contributed by atoms with Crippen LogP contribution in [0.25, 0.3) is 0 Å². The molecule has 3 rings (SSSR count). The molecule has 7 nitrogen and oxygen atoms in total. The summed E-state index contributed by atoms with van der Waals surface area (Å²) in [7, 11) is 3.28. The Morgan fingerprint density at radius 1 is 1.35 bits per heavy atom. The molecule has 1 aliphatic heterocycles. The molecule has 1 aromatic carbocycles. The standard InChI is InChI=1S/C15H15ClN4O3/c1-9(21)20-15(10-4-6-11(16)7-5-10)23-14(18-20)12-8-19(2)17-13(12)22-3/h4-8,15H,1-3H3. The smallest absolute Gasteiger partial charge is 0.248 e. The second-order valence-corrected chi connectivity index (χ2v) is 5.45. The second-order valence-electron chi connectivity index (χ2n) is 5.02. The van der Waals surface area contributed by atoms with Gasteiger partial charge in [0.1, 0.15) is 5.56 Å². The van der Waals surface area contributed by atoms with Crippen molar-refractivity contribution >= 4 is 23.4 Å². The van der Waals surface area contributed by atoms with Gasteiger partial charge in [-0.2, -0.15) is 5.01 Å². The van der Waals surface area contributed by atoms with Crippen molar-refractivity contribution in [1.82, 2.24) is 14.8 Å². The molecule has 2 aromatic rings. The normalized spacial score (nSPS) is 17.0. The minimum absolute atomic E-state index is 0.234. The lowest BCUT2D eigenvalue weighted by Crippen LogP contribution is -2.25. The Labute approximate surface area is 138 Å². The number of hydrogen-bond acceptors (Lipinski definition) is 5. The average Bonchev–Trinajstić information content (AvgIpc) is 3.11. The fourth-order valence-electron chi connectivity index (χ4n) is 2.28. The van der Waals surface area contributed by atoms with Crippen LogP contribution in [0.1, 0.15) is 24.3 Å². The molecular formula is C15H15ClN4O3. The van der Waals surface area contributed by atoms with Crippen molar-refractivity contribution in [2.75, 3.05) is 7.11 Å². The molecule has 0 bridgehead atoms. The molecule has 1 atom stereocenters. The van der Waals surface area contributed by atoms with Crippen LogP contribution >= 0.6 is 11.6 Å². The zero-order valence-electron chi connectivity index (χ0n) is 12.9. The summed E-state index contributed by atoms with van der Waals surface area (Å²) in [6.07, 6.45) is 1.07. The van der Waals surface area contributed by atoms with Crippen LogP contribution in [0.15, 0.2) is 35.6 Å². The van der Waals surface area contributed by atoms with Crippen molar-refractivity contribution in [3.63, 3.8) is 0 Å². The van der Waals surface area contributed by atoms with Gasteiger partial charge in [-0.15, -0.1) is 10.2 Å². The quantitative estimate of drug-likeness (QED) is 0.863. The highest BCUT2D eigenvalue weighted by atomic mass is 35.5. The first-order valence-corrected chi connectivity index (χ1v) is 7.26. The van der Waals surface area contributed by atoms with E-state index in [2.05, 4.69) is 10.2 Å². The number of hydrogen-bond donors (Lipinski definition) is 0. The highest BCUT2D eigenvalue weighted by molar-refractivity contribution is 6.30. The Hall–Kier alpha value is -2.54. The third-order valence-electron chi connectivity index (χ3n) is 3.34. The first-order chi connectivity index (χ1) is 11.0. The molecule has 0 saturated carbocycles. The number of nitrogens with zero attached hydrogens (tertiary/aromatic N) is 4. The lowest BCUT2D eigenvalue weighted by atomic mass is 10.2. The fraction of sp³-hybridized carbons (Fsp3) is 0.267. The summed E-state index contributed by atoms with van der Waals surface area (Å²) in [4.78, 5) is 11.9. The molecule has 1 aromatic heterocycles. The van der Waals surface area contributed by atoms with Crippen LogP contribution in [0.2, 0.25) is 5.02 Å². The average molecular weight is 335 g/mol. The first kappa shape index (κ1) is 15.4. The van der Waals surface area contributed by atoms with Crippen molar-refractivity contribution in [3.8, 4) is 5.88 Å². The third-order valence-corrected chi connectivity index (χ3v) is 3.59. The molecule has 0 saturated heterocycles. The van der Waals surface area contributed by atoms with Gasteiger partial charge in [0.05, 0.1) is 7.11 Å². The van der Waals surface area contributed by atoms with E-state index in [0.29, 0.717) is 16.5 Å². The predicted octanol–water partition coefficient (Wildman–Crippen LogP) is 2.32. The van der Waals surface area contributed by atoms with Gasteiger partial charge in [-0.1, -0.05) is 23.7 Å². The zero-order valence-corrected chi connectivity index (χ0v) is 13.6. The largest absolute Gasteiger partial charge is 0.479 e. The number of benzene rings is 1. The topological polar surface area (TPSA) is 69.0 Å². The van der Waals surface area contributed by atoms with Gasteiger partial charge >= 0.3 is 0 Å².